The van der Waals surface area contributed by atoms with Crippen molar-refractivity contribution >= 4 is 40.6 Å². The molecule has 29 heavy (non-hydrogen) atoms. The third-order valence-corrected chi connectivity index (χ3v) is 5.11. The quantitative estimate of drug-likeness (QED) is 0.580. The first kappa shape index (κ1) is 23.1. The summed E-state index contributed by atoms with van der Waals surface area (Å²) in [6.45, 7) is 5.88. The summed E-state index contributed by atoms with van der Waals surface area (Å²) in [6, 6.07) is 6.66. The number of methoxy groups -OCH3 is 1. The molecule has 158 valence electrons. The molecular formula is C20H27ClN4O3S. The van der Waals surface area contributed by atoms with Gasteiger partial charge in [-0.05, 0) is 30.5 Å². The van der Waals surface area contributed by atoms with Crippen LogP contribution in [0.25, 0.3) is 0 Å². The van der Waals surface area contributed by atoms with Gasteiger partial charge in [0.15, 0.2) is 0 Å². The lowest BCUT2D eigenvalue weighted by Gasteiger charge is -2.21. The first-order valence-corrected chi connectivity index (χ1v) is 10.7. The van der Waals surface area contributed by atoms with E-state index in [4.69, 9.17) is 16.3 Å². The summed E-state index contributed by atoms with van der Waals surface area (Å²) in [6.07, 6.45) is 0.914. The number of halogens is 1. The maximum absolute atomic E-state index is 12.7. The van der Waals surface area contributed by atoms with E-state index >= 15 is 0 Å². The Morgan fingerprint density at radius 2 is 2.14 bits per heavy atom. The summed E-state index contributed by atoms with van der Waals surface area (Å²) in [5.41, 5.74) is 0.977. The normalized spacial score (nSPS) is 10.8. The number of amides is 3. The van der Waals surface area contributed by atoms with E-state index in [1.807, 2.05) is 0 Å². The van der Waals surface area contributed by atoms with Crippen LogP contribution in [0.2, 0.25) is 5.02 Å². The third-order valence-electron chi connectivity index (χ3n) is 4.05. The van der Waals surface area contributed by atoms with Gasteiger partial charge >= 0.3 is 6.03 Å². The molecule has 2 aromatic rings. The average Bonchev–Trinajstić information content (AvgIpc) is 3.13. The number of hydrogen-bond acceptors (Lipinski definition) is 5. The van der Waals surface area contributed by atoms with Gasteiger partial charge in [-0.15, -0.1) is 11.3 Å². The van der Waals surface area contributed by atoms with Crippen LogP contribution in [0.1, 0.15) is 35.8 Å². The van der Waals surface area contributed by atoms with E-state index < -0.39 is 0 Å². The van der Waals surface area contributed by atoms with E-state index in [-0.39, 0.29) is 18.5 Å². The van der Waals surface area contributed by atoms with Gasteiger partial charge in [0.05, 0.1) is 13.2 Å². The second-order valence-corrected chi connectivity index (χ2v) is 8.30. The zero-order valence-electron chi connectivity index (χ0n) is 16.9. The topological polar surface area (TPSA) is 83.6 Å². The van der Waals surface area contributed by atoms with E-state index in [1.54, 1.807) is 41.7 Å². The lowest BCUT2D eigenvalue weighted by atomic mass is 10.1. The fourth-order valence-electron chi connectivity index (χ4n) is 2.44. The Morgan fingerprint density at radius 1 is 1.34 bits per heavy atom. The van der Waals surface area contributed by atoms with Crippen LogP contribution in [0, 0.1) is 5.92 Å². The van der Waals surface area contributed by atoms with Gasteiger partial charge in [-0.1, -0.05) is 31.5 Å². The number of rotatable bonds is 10. The molecule has 0 fully saturated rings. The number of ether oxygens (including phenoxy) is 1. The van der Waals surface area contributed by atoms with Gasteiger partial charge in [0.2, 0.25) is 0 Å². The van der Waals surface area contributed by atoms with Crippen molar-refractivity contribution in [1.29, 1.82) is 0 Å². The summed E-state index contributed by atoms with van der Waals surface area (Å²) < 4.78 is 5.11. The van der Waals surface area contributed by atoms with E-state index in [2.05, 4.69) is 29.5 Å². The predicted octanol–water partition coefficient (Wildman–Crippen LogP) is 4.25. The predicted molar refractivity (Wildman–Crippen MR) is 117 cm³/mol. The molecule has 2 rings (SSSR count). The largest absolute Gasteiger partial charge is 0.383 e. The highest BCUT2D eigenvalue weighted by Crippen LogP contribution is 2.17. The van der Waals surface area contributed by atoms with Gasteiger partial charge in [-0.2, -0.15) is 0 Å². The molecule has 0 bridgehead atoms. The Kier molecular flexibility index (Phi) is 9.37. The number of benzene rings is 1. The molecular weight excluding hydrogens is 412 g/mol. The van der Waals surface area contributed by atoms with Crippen LogP contribution in [0.5, 0.6) is 0 Å². The van der Waals surface area contributed by atoms with Crippen LogP contribution in [-0.2, 0) is 11.3 Å². The van der Waals surface area contributed by atoms with Crippen molar-refractivity contribution in [2.75, 3.05) is 32.1 Å². The number of thiazole rings is 1. The van der Waals surface area contributed by atoms with Gasteiger partial charge in [0.25, 0.3) is 5.91 Å². The van der Waals surface area contributed by atoms with Crippen molar-refractivity contribution in [2.45, 2.75) is 26.8 Å². The summed E-state index contributed by atoms with van der Waals surface area (Å²) in [5.74, 6) is 0.327. The second kappa shape index (κ2) is 11.7. The van der Waals surface area contributed by atoms with Crippen LogP contribution in [-0.4, -0.2) is 48.6 Å². The zero-order chi connectivity index (χ0) is 21.2. The molecule has 3 amide bonds. The highest BCUT2D eigenvalue weighted by molar-refractivity contribution is 7.09. The number of carbonyl (C=O) groups is 2. The zero-order valence-corrected chi connectivity index (χ0v) is 18.5. The first-order chi connectivity index (χ1) is 13.9. The minimum absolute atomic E-state index is 0.194. The summed E-state index contributed by atoms with van der Waals surface area (Å²) in [5, 5.41) is 8.63. The number of aromatic nitrogens is 1. The molecule has 9 heteroatoms. The Labute approximate surface area is 180 Å². The molecule has 0 saturated carbocycles. The van der Waals surface area contributed by atoms with Gasteiger partial charge in [0, 0.05) is 36.3 Å². The number of carbonyl (C=O) groups excluding carboxylic acids is 2. The standard InChI is InChI=1S/C20H27ClN4O3S/c1-14(2)7-8-22-19(26)17-13-29-18(24-17)12-25(9-10-28-3)20(27)23-16-6-4-5-15(21)11-16/h4-6,11,13-14H,7-10,12H2,1-3H3,(H,22,26)(H,23,27). The molecule has 0 atom stereocenters. The summed E-state index contributed by atoms with van der Waals surface area (Å²) in [4.78, 5) is 30.9. The highest BCUT2D eigenvalue weighted by atomic mass is 35.5. The van der Waals surface area contributed by atoms with Crippen molar-refractivity contribution in [3.05, 3.63) is 45.4 Å². The SMILES string of the molecule is COCCN(Cc1nc(C(=O)NCCC(C)C)cs1)C(=O)Nc1cccc(Cl)c1. The number of hydrogen-bond donors (Lipinski definition) is 2. The Morgan fingerprint density at radius 3 is 2.83 bits per heavy atom. The van der Waals surface area contributed by atoms with Crippen LogP contribution < -0.4 is 10.6 Å². The van der Waals surface area contributed by atoms with Crippen molar-refractivity contribution in [2.24, 2.45) is 5.92 Å². The minimum atomic E-state index is -0.289. The molecule has 7 nitrogen and oxygen atoms in total. The minimum Gasteiger partial charge on any atom is -0.383 e. The van der Waals surface area contributed by atoms with Gasteiger partial charge in [-0.25, -0.2) is 9.78 Å². The Hall–Kier alpha value is -2.16. The number of nitrogens with zero attached hydrogens (tertiary/aromatic N) is 2. The number of nitrogens with one attached hydrogen (secondary N) is 2. The third kappa shape index (κ3) is 8.00. The van der Waals surface area contributed by atoms with Crippen molar-refractivity contribution in [3.63, 3.8) is 0 Å². The van der Waals surface area contributed by atoms with Crippen molar-refractivity contribution in [1.82, 2.24) is 15.2 Å². The molecule has 0 radical (unpaired) electrons. The molecule has 0 unspecified atom stereocenters. The Bertz CT molecular complexity index is 813. The maximum Gasteiger partial charge on any atom is 0.322 e. The molecule has 1 aromatic heterocycles. The maximum atomic E-state index is 12.7. The van der Waals surface area contributed by atoms with Crippen molar-refractivity contribution < 1.29 is 14.3 Å². The number of anilines is 1. The molecule has 2 N–H and O–H groups in total. The average molecular weight is 439 g/mol. The first-order valence-electron chi connectivity index (χ1n) is 9.42. The number of urea groups is 1. The fourth-order valence-corrected chi connectivity index (χ4v) is 3.42. The smallest absolute Gasteiger partial charge is 0.322 e. The van der Waals surface area contributed by atoms with Crippen LogP contribution in [0.4, 0.5) is 10.5 Å². The highest BCUT2D eigenvalue weighted by Gasteiger charge is 2.18. The molecule has 0 aliphatic carbocycles. The van der Waals surface area contributed by atoms with Crippen LogP contribution in [0.15, 0.2) is 29.6 Å². The second-order valence-electron chi connectivity index (χ2n) is 6.92. The molecule has 0 saturated heterocycles. The molecule has 0 aliphatic heterocycles. The summed E-state index contributed by atoms with van der Waals surface area (Å²) >= 11 is 7.33. The molecule has 1 aromatic carbocycles. The molecule has 0 aliphatic rings. The van der Waals surface area contributed by atoms with E-state index in [9.17, 15) is 9.59 Å². The lowest BCUT2D eigenvalue weighted by Crippen LogP contribution is -2.36. The van der Waals surface area contributed by atoms with Crippen LogP contribution in [0.3, 0.4) is 0 Å². The van der Waals surface area contributed by atoms with Crippen LogP contribution >= 0.6 is 22.9 Å². The van der Waals surface area contributed by atoms with Gasteiger partial charge in [-0.3, -0.25) is 4.79 Å². The molecule has 0 spiro atoms. The summed E-state index contributed by atoms with van der Waals surface area (Å²) in [7, 11) is 1.58. The van der Waals surface area contributed by atoms with E-state index in [0.29, 0.717) is 47.0 Å². The monoisotopic (exact) mass is 438 g/mol. The fraction of sp³-hybridized carbons (Fsp3) is 0.450. The Balaban J connectivity index is 1.99. The van der Waals surface area contributed by atoms with Gasteiger partial charge < -0.3 is 20.3 Å². The van der Waals surface area contributed by atoms with Crippen molar-refractivity contribution in [3.8, 4) is 0 Å². The van der Waals surface area contributed by atoms with E-state index in [0.717, 1.165) is 6.42 Å². The molecule has 1 heterocycles. The lowest BCUT2D eigenvalue weighted by molar-refractivity contribution is 0.0947. The van der Waals surface area contributed by atoms with E-state index in [1.165, 1.54) is 11.3 Å². The van der Waals surface area contributed by atoms with Gasteiger partial charge in [0.1, 0.15) is 10.7 Å².